The molecule has 126 valence electrons. The lowest BCUT2D eigenvalue weighted by Gasteiger charge is -2.34. The van der Waals surface area contributed by atoms with E-state index in [4.69, 9.17) is 0 Å². The van der Waals surface area contributed by atoms with Crippen LogP contribution in [0.2, 0.25) is 0 Å². The fourth-order valence-electron chi connectivity index (χ4n) is 3.10. The van der Waals surface area contributed by atoms with Crippen molar-refractivity contribution in [1.29, 1.82) is 0 Å². The standard InChI is InChI=1S/C18H24FNO3/c1-23-18(22)11-12-20(16-5-3-2-4-6-16)17(21)13-14-7-9-15(19)10-8-14/h7-10,16H,2-6,11-13H2,1H3. The second-order valence-electron chi connectivity index (χ2n) is 6.01. The predicted octanol–water partition coefficient (Wildman–Crippen LogP) is 3.09. The molecule has 23 heavy (non-hydrogen) atoms. The van der Waals surface area contributed by atoms with Gasteiger partial charge < -0.3 is 9.64 Å². The highest BCUT2D eigenvalue weighted by Gasteiger charge is 2.25. The number of benzene rings is 1. The molecule has 5 heteroatoms. The molecule has 0 radical (unpaired) electrons. The predicted molar refractivity (Wildman–Crippen MR) is 85.3 cm³/mol. The van der Waals surface area contributed by atoms with Gasteiger partial charge in [-0.1, -0.05) is 31.4 Å². The molecule has 1 fully saturated rings. The van der Waals surface area contributed by atoms with Gasteiger partial charge in [0.1, 0.15) is 5.82 Å². The number of hydrogen-bond acceptors (Lipinski definition) is 3. The second-order valence-corrected chi connectivity index (χ2v) is 6.01. The van der Waals surface area contributed by atoms with E-state index in [1.165, 1.54) is 25.7 Å². The molecular formula is C18H24FNO3. The Kier molecular flexibility index (Phi) is 6.56. The zero-order valence-corrected chi connectivity index (χ0v) is 13.6. The topological polar surface area (TPSA) is 46.6 Å². The molecule has 0 atom stereocenters. The third-order valence-corrected chi connectivity index (χ3v) is 4.39. The van der Waals surface area contributed by atoms with Crippen LogP contribution in [0.3, 0.4) is 0 Å². The monoisotopic (exact) mass is 321 g/mol. The van der Waals surface area contributed by atoms with Gasteiger partial charge in [-0.2, -0.15) is 0 Å². The summed E-state index contributed by atoms with van der Waals surface area (Å²) in [6.45, 7) is 0.386. The van der Waals surface area contributed by atoms with Crippen molar-refractivity contribution in [3.8, 4) is 0 Å². The lowest BCUT2D eigenvalue weighted by Crippen LogP contribution is -2.43. The molecule has 0 N–H and O–H groups in total. The number of hydrogen-bond donors (Lipinski definition) is 0. The molecule has 2 rings (SSSR count). The highest BCUT2D eigenvalue weighted by molar-refractivity contribution is 5.80. The molecule has 1 aromatic carbocycles. The average Bonchev–Trinajstić information content (AvgIpc) is 2.58. The summed E-state index contributed by atoms with van der Waals surface area (Å²) >= 11 is 0. The van der Waals surface area contributed by atoms with E-state index in [0.29, 0.717) is 6.54 Å². The van der Waals surface area contributed by atoms with E-state index < -0.39 is 0 Å². The number of amides is 1. The summed E-state index contributed by atoms with van der Waals surface area (Å²) in [5.41, 5.74) is 0.787. The number of esters is 1. The molecule has 0 spiro atoms. The first-order chi connectivity index (χ1) is 11.1. The summed E-state index contributed by atoms with van der Waals surface area (Å²) in [7, 11) is 1.35. The quantitative estimate of drug-likeness (QED) is 0.757. The summed E-state index contributed by atoms with van der Waals surface area (Å²) in [5.74, 6) is -0.621. The summed E-state index contributed by atoms with van der Waals surface area (Å²) < 4.78 is 17.7. The molecule has 1 saturated carbocycles. The number of ether oxygens (including phenoxy) is 1. The van der Waals surface area contributed by atoms with Crippen molar-refractivity contribution in [3.63, 3.8) is 0 Å². The Morgan fingerprint density at radius 3 is 2.43 bits per heavy atom. The van der Waals surface area contributed by atoms with Crippen molar-refractivity contribution in [2.24, 2.45) is 0 Å². The van der Waals surface area contributed by atoms with Gasteiger partial charge in [0.2, 0.25) is 5.91 Å². The van der Waals surface area contributed by atoms with Crippen molar-refractivity contribution >= 4 is 11.9 Å². The summed E-state index contributed by atoms with van der Waals surface area (Å²) in [6, 6.07) is 6.18. The van der Waals surface area contributed by atoms with Crippen LogP contribution in [0.1, 0.15) is 44.1 Å². The lowest BCUT2D eigenvalue weighted by atomic mass is 9.93. The fourth-order valence-corrected chi connectivity index (χ4v) is 3.10. The molecule has 0 heterocycles. The minimum Gasteiger partial charge on any atom is -0.469 e. The van der Waals surface area contributed by atoms with Gasteiger partial charge in [-0.25, -0.2) is 4.39 Å². The molecular weight excluding hydrogens is 297 g/mol. The smallest absolute Gasteiger partial charge is 0.307 e. The summed E-state index contributed by atoms with van der Waals surface area (Å²) in [5, 5.41) is 0. The Hall–Kier alpha value is -1.91. The Bertz CT molecular complexity index is 524. The van der Waals surface area contributed by atoms with Crippen LogP contribution in [0.4, 0.5) is 4.39 Å². The summed E-state index contributed by atoms with van der Waals surface area (Å²) in [6.07, 6.45) is 5.84. The number of rotatable bonds is 6. The maximum absolute atomic E-state index is 13.0. The van der Waals surface area contributed by atoms with Gasteiger partial charge >= 0.3 is 5.97 Å². The Morgan fingerprint density at radius 2 is 1.83 bits per heavy atom. The van der Waals surface area contributed by atoms with Gasteiger partial charge in [-0.15, -0.1) is 0 Å². The van der Waals surface area contributed by atoms with Gasteiger partial charge in [0, 0.05) is 12.6 Å². The van der Waals surface area contributed by atoms with Crippen molar-refractivity contribution in [2.75, 3.05) is 13.7 Å². The lowest BCUT2D eigenvalue weighted by molar-refractivity contribution is -0.142. The van der Waals surface area contributed by atoms with Crippen molar-refractivity contribution in [3.05, 3.63) is 35.6 Å². The molecule has 0 bridgehead atoms. The first-order valence-corrected chi connectivity index (χ1v) is 8.21. The highest BCUT2D eigenvalue weighted by atomic mass is 19.1. The Balaban J connectivity index is 2.02. The highest BCUT2D eigenvalue weighted by Crippen LogP contribution is 2.23. The number of methoxy groups -OCH3 is 1. The van der Waals surface area contributed by atoms with E-state index in [-0.39, 0.29) is 36.6 Å². The SMILES string of the molecule is COC(=O)CCN(C(=O)Cc1ccc(F)cc1)C1CCCCC1. The average molecular weight is 321 g/mol. The van der Waals surface area contributed by atoms with Gasteiger partial charge in [0.25, 0.3) is 0 Å². The Morgan fingerprint density at radius 1 is 1.17 bits per heavy atom. The number of halogens is 1. The van der Waals surface area contributed by atoms with Crippen molar-refractivity contribution < 1.29 is 18.7 Å². The molecule has 1 aromatic rings. The maximum atomic E-state index is 13.0. The van der Waals surface area contributed by atoms with Gasteiger partial charge in [0.15, 0.2) is 0 Å². The van der Waals surface area contributed by atoms with Crippen LogP contribution in [0.15, 0.2) is 24.3 Å². The summed E-state index contributed by atoms with van der Waals surface area (Å²) in [4.78, 5) is 25.9. The van der Waals surface area contributed by atoms with Crippen LogP contribution in [-0.2, 0) is 20.7 Å². The molecule has 0 saturated heterocycles. The first kappa shape index (κ1) is 17.4. The van der Waals surface area contributed by atoms with Crippen LogP contribution < -0.4 is 0 Å². The fraction of sp³-hybridized carbons (Fsp3) is 0.556. The number of nitrogens with zero attached hydrogens (tertiary/aromatic N) is 1. The third kappa shape index (κ3) is 5.34. The second kappa shape index (κ2) is 8.65. The Labute approximate surface area is 136 Å². The normalized spacial score (nSPS) is 15.2. The van der Waals surface area contributed by atoms with E-state index in [0.717, 1.165) is 31.2 Å². The van der Waals surface area contributed by atoms with E-state index in [2.05, 4.69) is 4.74 Å². The van der Waals surface area contributed by atoms with Gasteiger partial charge in [-0.3, -0.25) is 9.59 Å². The maximum Gasteiger partial charge on any atom is 0.307 e. The first-order valence-electron chi connectivity index (χ1n) is 8.21. The molecule has 1 aliphatic carbocycles. The van der Waals surface area contributed by atoms with Crippen LogP contribution in [0.5, 0.6) is 0 Å². The van der Waals surface area contributed by atoms with Crippen LogP contribution >= 0.6 is 0 Å². The molecule has 0 aromatic heterocycles. The van der Waals surface area contributed by atoms with Gasteiger partial charge in [-0.05, 0) is 30.5 Å². The van der Waals surface area contributed by atoms with Crippen LogP contribution in [0, 0.1) is 5.82 Å². The minimum atomic E-state index is -0.309. The van der Waals surface area contributed by atoms with E-state index >= 15 is 0 Å². The largest absolute Gasteiger partial charge is 0.469 e. The van der Waals surface area contributed by atoms with Crippen molar-refractivity contribution in [1.82, 2.24) is 4.90 Å². The minimum absolute atomic E-state index is 0.00703. The number of carbonyl (C=O) groups excluding carboxylic acids is 2. The molecule has 0 unspecified atom stereocenters. The van der Waals surface area contributed by atoms with E-state index in [1.54, 1.807) is 12.1 Å². The van der Waals surface area contributed by atoms with Crippen LogP contribution in [0.25, 0.3) is 0 Å². The van der Waals surface area contributed by atoms with Crippen LogP contribution in [-0.4, -0.2) is 36.5 Å². The molecule has 0 aliphatic heterocycles. The zero-order valence-electron chi connectivity index (χ0n) is 13.6. The molecule has 1 amide bonds. The third-order valence-electron chi connectivity index (χ3n) is 4.39. The van der Waals surface area contributed by atoms with Crippen molar-refractivity contribution in [2.45, 2.75) is 51.0 Å². The van der Waals surface area contributed by atoms with E-state index in [1.807, 2.05) is 4.90 Å². The number of carbonyl (C=O) groups is 2. The molecule has 4 nitrogen and oxygen atoms in total. The molecule has 1 aliphatic rings. The van der Waals surface area contributed by atoms with E-state index in [9.17, 15) is 14.0 Å². The van der Waals surface area contributed by atoms with Gasteiger partial charge in [0.05, 0.1) is 20.0 Å². The zero-order chi connectivity index (χ0) is 16.7.